The number of hydrogen-bond donors (Lipinski definition) is 1. The third-order valence-corrected chi connectivity index (χ3v) is 6.95. The van der Waals surface area contributed by atoms with Gasteiger partial charge >= 0.3 is 0 Å². The number of hydrogen-bond acceptors (Lipinski definition) is 5. The third kappa shape index (κ3) is 3.05. The van der Waals surface area contributed by atoms with Crippen molar-refractivity contribution in [1.82, 2.24) is 15.0 Å². The third-order valence-electron chi connectivity index (χ3n) is 5.05. The van der Waals surface area contributed by atoms with Gasteiger partial charge in [0.05, 0.1) is 16.0 Å². The summed E-state index contributed by atoms with van der Waals surface area (Å²) in [7, 11) is -1.42. The molecule has 0 radical (unpaired) electrons. The van der Waals surface area contributed by atoms with Crippen LogP contribution < -0.4 is 4.90 Å². The van der Waals surface area contributed by atoms with E-state index < -0.39 is 15.7 Å². The summed E-state index contributed by atoms with van der Waals surface area (Å²) >= 11 is 0. The van der Waals surface area contributed by atoms with E-state index in [1.807, 2.05) is 19.3 Å². The maximum atomic E-state index is 13.0. The highest BCUT2D eigenvalue weighted by molar-refractivity contribution is 7.91. The number of nitrogens with one attached hydrogen (secondary N) is 1. The molecule has 4 rings (SSSR count). The van der Waals surface area contributed by atoms with Crippen molar-refractivity contribution in [3.63, 3.8) is 0 Å². The summed E-state index contributed by atoms with van der Waals surface area (Å²) in [6, 6.07) is 7.21. The molecule has 0 saturated heterocycles. The Morgan fingerprint density at radius 3 is 2.65 bits per heavy atom. The van der Waals surface area contributed by atoms with Crippen molar-refractivity contribution < 1.29 is 12.8 Å². The molecule has 6 nitrogen and oxygen atoms in total. The van der Waals surface area contributed by atoms with Crippen molar-refractivity contribution in [2.45, 2.75) is 23.8 Å². The molecular formula is C18H19FN4O2S. The maximum Gasteiger partial charge on any atom is 0.178 e. The van der Waals surface area contributed by atoms with Gasteiger partial charge in [0.15, 0.2) is 9.84 Å². The molecule has 136 valence electrons. The Morgan fingerprint density at radius 2 is 1.92 bits per heavy atom. The van der Waals surface area contributed by atoms with E-state index in [2.05, 4.69) is 19.9 Å². The number of rotatable bonds is 5. The van der Waals surface area contributed by atoms with Crippen LogP contribution in [0.5, 0.6) is 0 Å². The fourth-order valence-corrected chi connectivity index (χ4v) is 5.15. The number of nitrogens with zero attached hydrogens (tertiary/aromatic N) is 3. The molecule has 1 saturated carbocycles. The van der Waals surface area contributed by atoms with Gasteiger partial charge in [-0.2, -0.15) is 0 Å². The highest BCUT2D eigenvalue weighted by Crippen LogP contribution is 2.36. The summed E-state index contributed by atoms with van der Waals surface area (Å²) in [5.74, 6) is 0.601. The molecule has 2 aromatic heterocycles. The van der Waals surface area contributed by atoms with E-state index in [1.54, 1.807) is 0 Å². The summed E-state index contributed by atoms with van der Waals surface area (Å²) in [6.45, 7) is 0. The van der Waals surface area contributed by atoms with Crippen LogP contribution in [0.15, 0.2) is 47.8 Å². The summed E-state index contributed by atoms with van der Waals surface area (Å²) in [4.78, 5) is 13.9. The van der Waals surface area contributed by atoms with E-state index >= 15 is 0 Å². The minimum atomic E-state index is -3.39. The van der Waals surface area contributed by atoms with Gasteiger partial charge in [0.1, 0.15) is 23.6 Å². The zero-order valence-corrected chi connectivity index (χ0v) is 15.1. The van der Waals surface area contributed by atoms with Crippen molar-refractivity contribution in [2.75, 3.05) is 17.7 Å². The van der Waals surface area contributed by atoms with Crippen LogP contribution in [-0.2, 0) is 9.84 Å². The molecule has 1 aliphatic carbocycles. The fraction of sp³-hybridized carbons (Fsp3) is 0.333. The molecule has 1 fully saturated rings. The van der Waals surface area contributed by atoms with Crippen LogP contribution in [0.4, 0.5) is 10.2 Å². The van der Waals surface area contributed by atoms with Gasteiger partial charge in [-0.1, -0.05) is 0 Å². The monoisotopic (exact) mass is 374 g/mol. The van der Waals surface area contributed by atoms with Crippen molar-refractivity contribution in [2.24, 2.45) is 5.92 Å². The molecule has 1 aromatic carbocycles. The first-order valence-electron chi connectivity index (χ1n) is 8.43. The summed E-state index contributed by atoms with van der Waals surface area (Å²) in [5.41, 5.74) is 0.789. The topological polar surface area (TPSA) is 79.0 Å². The van der Waals surface area contributed by atoms with Crippen LogP contribution in [0, 0.1) is 11.7 Å². The average molecular weight is 374 g/mol. The number of H-pyrrole nitrogens is 1. The zero-order valence-electron chi connectivity index (χ0n) is 14.3. The van der Waals surface area contributed by atoms with Crippen molar-refractivity contribution in [1.29, 1.82) is 0 Å². The van der Waals surface area contributed by atoms with Crippen LogP contribution in [0.25, 0.3) is 11.0 Å². The molecule has 0 amide bonds. The SMILES string of the molecule is CN(c1ncnc2[nH]ccc12)C1CC(CS(=O)(=O)c2ccc(F)cc2)C1. The van der Waals surface area contributed by atoms with Gasteiger partial charge in [0.2, 0.25) is 0 Å². The Hall–Kier alpha value is -2.48. The van der Waals surface area contributed by atoms with E-state index in [0.717, 1.165) is 29.7 Å². The molecule has 26 heavy (non-hydrogen) atoms. The van der Waals surface area contributed by atoms with E-state index in [4.69, 9.17) is 0 Å². The van der Waals surface area contributed by atoms with Crippen molar-refractivity contribution in [3.8, 4) is 0 Å². The average Bonchev–Trinajstić information content (AvgIpc) is 3.06. The largest absolute Gasteiger partial charge is 0.356 e. The molecule has 0 aliphatic heterocycles. The second-order valence-electron chi connectivity index (χ2n) is 6.77. The molecule has 0 atom stereocenters. The smallest absolute Gasteiger partial charge is 0.178 e. The lowest BCUT2D eigenvalue weighted by atomic mass is 9.81. The van der Waals surface area contributed by atoms with Gasteiger partial charge < -0.3 is 9.88 Å². The highest BCUT2D eigenvalue weighted by atomic mass is 32.2. The second kappa shape index (κ2) is 6.35. The normalized spacial score (nSPS) is 20.1. The van der Waals surface area contributed by atoms with Crippen LogP contribution in [-0.4, -0.2) is 42.2 Å². The molecule has 0 spiro atoms. The van der Waals surface area contributed by atoms with Crippen LogP contribution >= 0.6 is 0 Å². The van der Waals surface area contributed by atoms with Crippen molar-refractivity contribution >= 4 is 26.7 Å². The first kappa shape index (κ1) is 17.0. The lowest BCUT2D eigenvalue weighted by Crippen LogP contribution is -2.45. The lowest BCUT2D eigenvalue weighted by Gasteiger charge is -2.41. The molecule has 2 heterocycles. The Bertz CT molecular complexity index is 1030. The van der Waals surface area contributed by atoms with Gasteiger partial charge in [-0.15, -0.1) is 0 Å². The Kier molecular flexibility index (Phi) is 4.14. The molecule has 1 N–H and O–H groups in total. The summed E-state index contributed by atoms with van der Waals surface area (Å²) in [6.07, 6.45) is 4.93. The summed E-state index contributed by atoms with van der Waals surface area (Å²) < 4.78 is 37.9. The predicted octanol–water partition coefficient (Wildman–Crippen LogP) is 2.79. The minimum absolute atomic E-state index is 0.0896. The standard InChI is InChI=1S/C18H19FN4O2S/c1-23(18-16-6-7-20-17(16)21-11-22-18)14-8-12(9-14)10-26(24,25)15-4-2-13(19)3-5-15/h2-7,11-12,14H,8-10H2,1H3,(H,20,21,22). The number of aromatic amines is 1. The Labute approximate surface area is 151 Å². The van der Waals surface area contributed by atoms with Crippen LogP contribution in [0.1, 0.15) is 12.8 Å². The van der Waals surface area contributed by atoms with Gasteiger partial charge in [-0.05, 0) is 49.1 Å². The Balaban J connectivity index is 1.42. The summed E-state index contributed by atoms with van der Waals surface area (Å²) in [5, 5.41) is 0.956. The lowest BCUT2D eigenvalue weighted by molar-refractivity contribution is 0.282. The van der Waals surface area contributed by atoms with Gasteiger partial charge in [-0.25, -0.2) is 22.8 Å². The minimum Gasteiger partial charge on any atom is -0.356 e. The van der Waals surface area contributed by atoms with Gasteiger partial charge in [0.25, 0.3) is 0 Å². The molecule has 8 heteroatoms. The molecule has 0 unspecified atom stereocenters. The highest BCUT2D eigenvalue weighted by Gasteiger charge is 2.36. The second-order valence-corrected chi connectivity index (χ2v) is 8.81. The predicted molar refractivity (Wildman–Crippen MR) is 97.3 cm³/mol. The maximum absolute atomic E-state index is 13.0. The van der Waals surface area contributed by atoms with Crippen LogP contribution in [0.3, 0.4) is 0 Å². The van der Waals surface area contributed by atoms with E-state index in [9.17, 15) is 12.8 Å². The van der Waals surface area contributed by atoms with Gasteiger partial charge in [-0.3, -0.25) is 0 Å². The zero-order chi connectivity index (χ0) is 18.3. The number of sulfone groups is 1. The first-order valence-corrected chi connectivity index (χ1v) is 10.1. The van der Waals surface area contributed by atoms with E-state index in [0.29, 0.717) is 0 Å². The fourth-order valence-electron chi connectivity index (χ4n) is 3.51. The van der Waals surface area contributed by atoms with E-state index in [-0.39, 0.29) is 22.6 Å². The molecule has 1 aliphatic rings. The van der Waals surface area contributed by atoms with Gasteiger partial charge in [0, 0.05) is 19.3 Å². The first-order chi connectivity index (χ1) is 12.4. The number of fused-ring (bicyclic) bond motifs is 1. The quantitative estimate of drug-likeness (QED) is 0.695. The van der Waals surface area contributed by atoms with E-state index in [1.165, 1.54) is 30.6 Å². The van der Waals surface area contributed by atoms with Crippen LogP contribution in [0.2, 0.25) is 0 Å². The number of halogens is 1. The molecule has 3 aromatic rings. The molecular weight excluding hydrogens is 355 g/mol. The number of benzene rings is 1. The molecule has 0 bridgehead atoms. The number of anilines is 1. The van der Waals surface area contributed by atoms with Crippen molar-refractivity contribution in [3.05, 3.63) is 48.7 Å². The number of aromatic nitrogens is 3. The Morgan fingerprint density at radius 1 is 1.19 bits per heavy atom.